The molecule has 5 heteroatoms. The molecule has 1 saturated carbocycles. The van der Waals surface area contributed by atoms with Crippen molar-refractivity contribution < 1.29 is 14.3 Å². The first-order chi connectivity index (χ1) is 8.25. The minimum Gasteiger partial charge on any atom is -0.381 e. The Hall–Kier alpha value is -1.10. The molecule has 0 bridgehead atoms. The third-order valence-electron chi connectivity index (χ3n) is 3.90. The summed E-state index contributed by atoms with van der Waals surface area (Å²) in [6.07, 6.45) is 3.85. The van der Waals surface area contributed by atoms with Crippen LogP contribution in [0.25, 0.3) is 0 Å². The molecule has 0 radical (unpaired) electrons. The fourth-order valence-electron chi connectivity index (χ4n) is 2.75. The van der Waals surface area contributed by atoms with Gasteiger partial charge in [-0.05, 0) is 31.6 Å². The quantitative estimate of drug-likeness (QED) is 0.731. The van der Waals surface area contributed by atoms with Crippen molar-refractivity contribution in [2.24, 2.45) is 5.92 Å². The van der Waals surface area contributed by atoms with Crippen molar-refractivity contribution in [3.63, 3.8) is 0 Å². The topological polar surface area (TPSA) is 58.6 Å². The molecule has 94 valence electrons. The third kappa shape index (κ3) is 2.16. The van der Waals surface area contributed by atoms with Crippen LogP contribution in [0.1, 0.15) is 25.7 Å². The molecule has 0 aromatic heterocycles. The van der Waals surface area contributed by atoms with Gasteiger partial charge in [0, 0.05) is 19.3 Å². The molecule has 1 atom stereocenters. The summed E-state index contributed by atoms with van der Waals surface area (Å²) in [5.74, 6) is 0.501. The van der Waals surface area contributed by atoms with E-state index in [1.165, 1.54) is 0 Å². The minimum absolute atomic E-state index is 0.00649. The predicted octanol–water partition coefficient (Wildman–Crippen LogP) is -0.0976. The van der Waals surface area contributed by atoms with Crippen molar-refractivity contribution in [2.75, 3.05) is 19.8 Å². The first-order valence-electron chi connectivity index (χ1n) is 6.43. The van der Waals surface area contributed by atoms with Crippen LogP contribution in [0, 0.1) is 5.92 Å². The monoisotopic (exact) mass is 238 g/mol. The van der Waals surface area contributed by atoms with Crippen molar-refractivity contribution in [3.8, 4) is 0 Å². The highest BCUT2D eigenvalue weighted by atomic mass is 16.5. The molecule has 3 fully saturated rings. The van der Waals surface area contributed by atoms with Gasteiger partial charge < -0.3 is 15.0 Å². The lowest BCUT2D eigenvalue weighted by atomic mass is 10.0. The molecule has 5 nitrogen and oxygen atoms in total. The molecule has 2 heterocycles. The van der Waals surface area contributed by atoms with Gasteiger partial charge >= 0.3 is 0 Å². The largest absolute Gasteiger partial charge is 0.381 e. The fraction of sp³-hybridized carbons (Fsp3) is 0.833. The van der Waals surface area contributed by atoms with E-state index in [-0.39, 0.29) is 30.4 Å². The molecule has 2 amide bonds. The number of hydrogen-bond acceptors (Lipinski definition) is 3. The molecular weight excluding hydrogens is 220 g/mol. The molecule has 3 aliphatic rings. The van der Waals surface area contributed by atoms with E-state index in [1.807, 2.05) is 0 Å². The molecule has 2 aliphatic heterocycles. The van der Waals surface area contributed by atoms with Crippen LogP contribution in [0.2, 0.25) is 0 Å². The van der Waals surface area contributed by atoms with E-state index in [4.69, 9.17) is 4.74 Å². The summed E-state index contributed by atoms with van der Waals surface area (Å²) in [6.45, 7) is 1.63. The maximum Gasteiger partial charge on any atom is 0.246 e. The highest BCUT2D eigenvalue weighted by molar-refractivity contribution is 5.95. The lowest BCUT2D eigenvalue weighted by Gasteiger charge is -2.39. The molecular formula is C12H18N2O3. The number of rotatable bonds is 2. The summed E-state index contributed by atoms with van der Waals surface area (Å²) in [4.78, 5) is 25.8. The maximum atomic E-state index is 12.3. The highest BCUT2D eigenvalue weighted by Gasteiger charge is 2.44. The summed E-state index contributed by atoms with van der Waals surface area (Å²) in [6, 6.07) is -0.0531. The van der Waals surface area contributed by atoms with E-state index in [0.29, 0.717) is 19.1 Å². The van der Waals surface area contributed by atoms with E-state index in [1.54, 1.807) is 4.90 Å². The van der Waals surface area contributed by atoms with Crippen molar-refractivity contribution in [1.29, 1.82) is 0 Å². The molecule has 0 spiro atoms. The van der Waals surface area contributed by atoms with Crippen LogP contribution in [0.5, 0.6) is 0 Å². The van der Waals surface area contributed by atoms with Crippen LogP contribution in [0.15, 0.2) is 0 Å². The predicted molar refractivity (Wildman–Crippen MR) is 60.2 cm³/mol. The number of carbonyl (C=O) groups excluding carboxylic acids is 2. The number of hydrogen-bond donors (Lipinski definition) is 1. The normalized spacial score (nSPS) is 31.5. The zero-order valence-corrected chi connectivity index (χ0v) is 9.85. The molecule has 0 aromatic rings. The Bertz CT molecular complexity index is 335. The number of nitrogens with one attached hydrogen (secondary N) is 1. The van der Waals surface area contributed by atoms with E-state index in [2.05, 4.69) is 5.32 Å². The van der Waals surface area contributed by atoms with Gasteiger partial charge in [0.05, 0.1) is 6.54 Å². The van der Waals surface area contributed by atoms with E-state index >= 15 is 0 Å². The van der Waals surface area contributed by atoms with Gasteiger partial charge in [-0.3, -0.25) is 9.59 Å². The van der Waals surface area contributed by atoms with Gasteiger partial charge in [-0.15, -0.1) is 0 Å². The second-order valence-corrected chi connectivity index (χ2v) is 5.19. The minimum atomic E-state index is -0.251. The van der Waals surface area contributed by atoms with Crippen LogP contribution in [0.4, 0.5) is 0 Å². The maximum absolute atomic E-state index is 12.3. The van der Waals surface area contributed by atoms with Crippen LogP contribution >= 0.6 is 0 Å². The molecule has 1 N–H and O–H groups in total. The zero-order valence-electron chi connectivity index (χ0n) is 9.85. The summed E-state index contributed by atoms with van der Waals surface area (Å²) >= 11 is 0. The van der Waals surface area contributed by atoms with Crippen LogP contribution in [-0.4, -0.2) is 48.6 Å². The van der Waals surface area contributed by atoms with E-state index in [0.717, 1.165) is 25.7 Å². The van der Waals surface area contributed by atoms with Gasteiger partial charge in [0.15, 0.2) is 0 Å². The number of nitrogens with zero attached hydrogens (tertiary/aromatic N) is 1. The third-order valence-corrected chi connectivity index (χ3v) is 3.90. The summed E-state index contributed by atoms with van der Waals surface area (Å²) in [5.41, 5.74) is 0. The Balaban J connectivity index is 1.72. The summed E-state index contributed by atoms with van der Waals surface area (Å²) in [7, 11) is 0. The average Bonchev–Trinajstić information content (AvgIpc) is 3.17. The van der Waals surface area contributed by atoms with Crippen LogP contribution < -0.4 is 5.32 Å². The Morgan fingerprint density at radius 1 is 1.12 bits per heavy atom. The van der Waals surface area contributed by atoms with Crippen molar-refractivity contribution >= 4 is 11.8 Å². The van der Waals surface area contributed by atoms with Crippen molar-refractivity contribution in [2.45, 2.75) is 37.8 Å². The molecule has 1 aliphatic carbocycles. The van der Waals surface area contributed by atoms with E-state index < -0.39 is 0 Å². The molecule has 0 aromatic carbocycles. The van der Waals surface area contributed by atoms with Gasteiger partial charge in [0.2, 0.25) is 11.8 Å². The van der Waals surface area contributed by atoms with Crippen LogP contribution in [0.3, 0.4) is 0 Å². The SMILES string of the molecule is O=C1CN(C2CCOCC2)C(=O)C(C2CC2)N1. The lowest BCUT2D eigenvalue weighted by molar-refractivity contribution is -0.149. The number of piperazine rings is 1. The Labute approximate surface area is 100 Å². The second kappa shape index (κ2) is 4.29. The van der Waals surface area contributed by atoms with Gasteiger partial charge in [0.25, 0.3) is 0 Å². The van der Waals surface area contributed by atoms with Crippen molar-refractivity contribution in [3.05, 3.63) is 0 Å². The fourth-order valence-corrected chi connectivity index (χ4v) is 2.75. The number of ether oxygens (including phenoxy) is 1. The summed E-state index contributed by atoms with van der Waals surface area (Å²) < 4.78 is 5.30. The Morgan fingerprint density at radius 2 is 1.82 bits per heavy atom. The Kier molecular flexibility index (Phi) is 2.78. The molecule has 17 heavy (non-hydrogen) atoms. The first-order valence-corrected chi connectivity index (χ1v) is 6.43. The van der Waals surface area contributed by atoms with Crippen LogP contribution in [-0.2, 0) is 14.3 Å². The number of amides is 2. The highest BCUT2D eigenvalue weighted by Crippen LogP contribution is 2.35. The zero-order chi connectivity index (χ0) is 11.8. The standard InChI is InChI=1S/C12H18N2O3/c15-10-7-14(9-3-5-17-6-4-9)12(16)11(13-10)8-1-2-8/h8-9,11H,1-7H2,(H,13,15). The van der Waals surface area contributed by atoms with Gasteiger partial charge in [-0.2, -0.15) is 0 Å². The summed E-state index contributed by atoms with van der Waals surface area (Å²) in [5, 5.41) is 2.84. The second-order valence-electron chi connectivity index (χ2n) is 5.19. The molecule has 2 saturated heterocycles. The molecule has 3 rings (SSSR count). The van der Waals surface area contributed by atoms with E-state index in [9.17, 15) is 9.59 Å². The average molecular weight is 238 g/mol. The lowest BCUT2D eigenvalue weighted by Crippen LogP contribution is -2.62. The smallest absolute Gasteiger partial charge is 0.246 e. The van der Waals surface area contributed by atoms with Gasteiger partial charge in [-0.25, -0.2) is 0 Å². The Morgan fingerprint density at radius 3 is 2.47 bits per heavy atom. The van der Waals surface area contributed by atoms with Crippen molar-refractivity contribution in [1.82, 2.24) is 10.2 Å². The van der Waals surface area contributed by atoms with Gasteiger partial charge in [0.1, 0.15) is 6.04 Å². The molecule has 1 unspecified atom stereocenters. The van der Waals surface area contributed by atoms with Gasteiger partial charge in [-0.1, -0.05) is 0 Å². The first kappa shape index (κ1) is 11.0. The number of carbonyl (C=O) groups is 2.